The number of fused-ring (bicyclic) bond motifs is 2. The third-order valence-corrected chi connectivity index (χ3v) is 8.00. The molecule has 1 heterocycles. The molecule has 0 atom stereocenters. The molecular weight excluding hydrogens is 504 g/mol. The Hall–Kier alpha value is -3.01. The van der Waals surface area contributed by atoms with Crippen LogP contribution >= 0.6 is 11.3 Å². The van der Waals surface area contributed by atoms with Gasteiger partial charge in [0.2, 0.25) is 0 Å². The van der Waals surface area contributed by atoms with Crippen molar-refractivity contribution >= 4 is 33.3 Å². The summed E-state index contributed by atoms with van der Waals surface area (Å²) in [5.74, 6) is -0.0277. The lowest BCUT2D eigenvalue weighted by Gasteiger charge is -2.28. The fraction of sp³-hybridized carbons (Fsp3) is 0.483. The normalized spacial score (nSPS) is 14.4. The highest BCUT2D eigenvalue weighted by atomic mass is 32.1. The molecule has 1 aromatic heterocycles. The van der Waals surface area contributed by atoms with E-state index in [4.69, 9.17) is 19.2 Å². The number of aromatic nitrogens is 1. The van der Waals surface area contributed by atoms with Gasteiger partial charge in [0, 0.05) is 42.8 Å². The molecule has 38 heavy (non-hydrogen) atoms. The van der Waals surface area contributed by atoms with Crippen molar-refractivity contribution < 1.29 is 33.4 Å². The van der Waals surface area contributed by atoms with Crippen LogP contribution in [0.3, 0.4) is 0 Å². The van der Waals surface area contributed by atoms with Crippen molar-refractivity contribution in [3.05, 3.63) is 52.5 Å². The predicted octanol–water partition coefficient (Wildman–Crippen LogP) is 2.83. The number of likely N-dealkylation sites (N-methyl/N-ethyl adjacent to an activating group) is 1. The van der Waals surface area contributed by atoms with E-state index in [2.05, 4.69) is 21.1 Å². The van der Waals surface area contributed by atoms with Gasteiger partial charge in [-0.25, -0.2) is 4.98 Å². The van der Waals surface area contributed by atoms with E-state index in [0.717, 1.165) is 37.4 Å². The number of ether oxygens (including phenoxy) is 3. The lowest BCUT2D eigenvalue weighted by atomic mass is 9.76. The number of Topliss-reactive ketones (excluding diaryl/α,β-unsaturated/α-hetero) is 1. The van der Waals surface area contributed by atoms with Crippen molar-refractivity contribution in [1.29, 1.82) is 0 Å². The summed E-state index contributed by atoms with van der Waals surface area (Å²) < 4.78 is 18.9. The summed E-state index contributed by atoms with van der Waals surface area (Å²) >= 11 is 1.50. The minimum absolute atomic E-state index is 0.0518. The molecule has 0 amide bonds. The smallest absolute Gasteiger partial charge is 0.163 e. The van der Waals surface area contributed by atoms with Gasteiger partial charge in [-0.15, -0.1) is 11.3 Å². The molecule has 204 valence electrons. The van der Waals surface area contributed by atoms with Crippen LogP contribution < -0.4 is 14.6 Å². The number of aryl methyl sites for hydroxylation is 1. The lowest BCUT2D eigenvalue weighted by Crippen LogP contribution is -2.39. The number of carbonyl (C=O) groups excluding carboxylic acids is 2. The van der Waals surface area contributed by atoms with Gasteiger partial charge >= 0.3 is 0 Å². The second-order valence-corrected chi connectivity index (χ2v) is 12.0. The Balaban J connectivity index is 1.39. The highest BCUT2D eigenvalue weighted by molar-refractivity contribution is 7.18. The van der Waals surface area contributed by atoms with Gasteiger partial charge in [-0.05, 0) is 24.0 Å². The topological polar surface area (TPSA) is 97.8 Å². The molecule has 0 aliphatic heterocycles. The average Bonchev–Trinajstić information content (AvgIpc) is 3.43. The SMILES string of the molecule is COc1cc2sc(CCC(=O)C3(CC(=O)[O-])Cc4ccccc4C3)nc2cc1OCCOCC[N+](C)(C)C. The Bertz CT molecular complexity index is 1270. The van der Waals surface area contributed by atoms with Crippen molar-refractivity contribution in [3.63, 3.8) is 0 Å². The van der Waals surface area contributed by atoms with Gasteiger partial charge in [-0.3, -0.25) is 4.79 Å². The molecule has 0 unspecified atom stereocenters. The number of thiazole rings is 1. The summed E-state index contributed by atoms with van der Waals surface area (Å²) in [7, 11) is 7.97. The minimum atomic E-state index is -1.19. The van der Waals surface area contributed by atoms with Gasteiger partial charge < -0.3 is 28.6 Å². The molecule has 0 saturated carbocycles. The van der Waals surface area contributed by atoms with E-state index < -0.39 is 11.4 Å². The molecule has 0 radical (unpaired) electrons. The highest BCUT2D eigenvalue weighted by Gasteiger charge is 2.43. The van der Waals surface area contributed by atoms with Crippen molar-refractivity contribution in [1.82, 2.24) is 4.98 Å². The zero-order valence-corrected chi connectivity index (χ0v) is 23.4. The number of hydrogen-bond acceptors (Lipinski definition) is 8. The van der Waals surface area contributed by atoms with E-state index in [1.807, 2.05) is 36.4 Å². The molecule has 0 bridgehead atoms. The molecule has 0 fully saturated rings. The first-order valence-corrected chi connectivity index (χ1v) is 13.7. The number of benzene rings is 2. The average molecular weight is 541 g/mol. The third-order valence-electron chi connectivity index (χ3n) is 6.93. The number of carbonyl (C=O) groups is 2. The standard InChI is InChI=1S/C29H36N2O6S/c1-31(2,3)11-12-36-13-14-37-24-15-22-25(16-23(24)35-4)38-27(30-22)10-9-26(32)29(19-28(33)34)17-20-7-5-6-8-21(20)18-29/h5-8,15-16H,9-14,17-19H2,1-4H3. The van der Waals surface area contributed by atoms with E-state index in [1.54, 1.807) is 7.11 Å². The van der Waals surface area contributed by atoms with Crippen molar-refractivity contribution in [2.24, 2.45) is 5.41 Å². The van der Waals surface area contributed by atoms with Crippen LogP contribution in [0.5, 0.6) is 11.5 Å². The first-order chi connectivity index (χ1) is 18.1. The summed E-state index contributed by atoms with van der Waals surface area (Å²) in [6.45, 7) is 2.45. The van der Waals surface area contributed by atoms with Crippen LogP contribution in [0.4, 0.5) is 0 Å². The van der Waals surface area contributed by atoms with Gasteiger partial charge in [-0.2, -0.15) is 0 Å². The molecule has 1 aliphatic carbocycles. The number of quaternary nitrogens is 1. The quantitative estimate of drug-likeness (QED) is 0.229. The number of ketones is 1. The fourth-order valence-corrected chi connectivity index (χ4v) is 5.87. The molecule has 0 N–H and O–H groups in total. The maximum Gasteiger partial charge on any atom is 0.163 e. The van der Waals surface area contributed by atoms with Crippen LogP contribution in [0.25, 0.3) is 10.2 Å². The third kappa shape index (κ3) is 6.89. The maximum absolute atomic E-state index is 13.4. The zero-order valence-electron chi connectivity index (χ0n) is 22.6. The van der Waals surface area contributed by atoms with Gasteiger partial charge in [0.05, 0.1) is 56.7 Å². The fourth-order valence-electron chi connectivity index (χ4n) is 4.89. The molecule has 1 aliphatic rings. The Morgan fingerprint density at radius 2 is 1.76 bits per heavy atom. The van der Waals surface area contributed by atoms with Crippen LogP contribution in [0.1, 0.15) is 29.0 Å². The molecule has 9 heteroatoms. The minimum Gasteiger partial charge on any atom is -0.550 e. The van der Waals surface area contributed by atoms with Gasteiger partial charge in [-0.1, -0.05) is 24.3 Å². The molecule has 0 saturated heterocycles. The molecular formula is C29H36N2O6S. The van der Waals surface area contributed by atoms with E-state index in [1.165, 1.54) is 11.3 Å². The highest BCUT2D eigenvalue weighted by Crippen LogP contribution is 2.42. The second kappa shape index (κ2) is 11.8. The number of methoxy groups -OCH3 is 1. The van der Waals surface area contributed by atoms with Gasteiger partial charge in [0.1, 0.15) is 18.9 Å². The van der Waals surface area contributed by atoms with Gasteiger partial charge in [0.15, 0.2) is 11.5 Å². The summed E-state index contributed by atoms with van der Waals surface area (Å²) in [5, 5.41) is 12.4. The Morgan fingerprint density at radius 1 is 1.05 bits per heavy atom. The maximum atomic E-state index is 13.4. The van der Waals surface area contributed by atoms with Crippen molar-refractivity contribution in [3.8, 4) is 11.5 Å². The Kier molecular flexibility index (Phi) is 8.70. The largest absolute Gasteiger partial charge is 0.550 e. The summed E-state index contributed by atoms with van der Waals surface area (Å²) in [5.41, 5.74) is 1.91. The van der Waals surface area contributed by atoms with E-state index in [0.29, 0.717) is 50.6 Å². The molecule has 0 spiro atoms. The number of carboxylic acids is 1. The summed E-state index contributed by atoms with van der Waals surface area (Å²) in [6.07, 6.45) is 1.28. The van der Waals surface area contributed by atoms with Crippen molar-refractivity contribution in [2.75, 3.05) is 54.6 Å². The molecule has 3 aromatic rings. The van der Waals surface area contributed by atoms with Crippen LogP contribution in [0.15, 0.2) is 36.4 Å². The molecule has 2 aromatic carbocycles. The second-order valence-electron chi connectivity index (χ2n) is 10.9. The number of carboxylic acid groups (broad SMARTS) is 1. The summed E-state index contributed by atoms with van der Waals surface area (Å²) in [4.78, 5) is 29.7. The predicted molar refractivity (Wildman–Crippen MR) is 145 cm³/mol. The molecule has 8 nitrogen and oxygen atoms in total. The van der Waals surface area contributed by atoms with Crippen LogP contribution in [0.2, 0.25) is 0 Å². The molecule has 4 rings (SSSR count). The first-order valence-electron chi connectivity index (χ1n) is 12.9. The zero-order chi connectivity index (χ0) is 27.3. The monoisotopic (exact) mass is 540 g/mol. The Labute approximate surface area is 227 Å². The summed E-state index contributed by atoms with van der Waals surface area (Å²) in [6, 6.07) is 11.5. The van der Waals surface area contributed by atoms with Crippen LogP contribution in [0, 0.1) is 5.41 Å². The first kappa shape index (κ1) is 28.0. The number of rotatable bonds is 14. The van der Waals surface area contributed by atoms with Gasteiger partial charge in [0.25, 0.3) is 0 Å². The number of hydrogen-bond donors (Lipinski definition) is 0. The Morgan fingerprint density at radius 3 is 2.39 bits per heavy atom. The van der Waals surface area contributed by atoms with Crippen LogP contribution in [-0.4, -0.2) is 75.8 Å². The van der Waals surface area contributed by atoms with Crippen molar-refractivity contribution in [2.45, 2.75) is 32.1 Å². The lowest BCUT2D eigenvalue weighted by molar-refractivity contribution is -0.870. The van der Waals surface area contributed by atoms with E-state index in [9.17, 15) is 14.7 Å². The van der Waals surface area contributed by atoms with E-state index >= 15 is 0 Å². The van der Waals surface area contributed by atoms with E-state index in [-0.39, 0.29) is 18.6 Å². The van der Waals surface area contributed by atoms with Crippen LogP contribution in [-0.2, 0) is 33.6 Å². The number of nitrogens with zero attached hydrogens (tertiary/aromatic N) is 2. The number of aliphatic carboxylic acids is 1.